The van der Waals surface area contributed by atoms with Crippen LogP contribution in [0.4, 0.5) is 29.6 Å². The number of alkyl halides is 3. The number of hydrogen-bond donors (Lipinski definition) is 3. The highest BCUT2D eigenvalue weighted by molar-refractivity contribution is 5.72. The van der Waals surface area contributed by atoms with E-state index >= 15 is 0 Å². The lowest BCUT2D eigenvalue weighted by Crippen LogP contribution is -2.47. The van der Waals surface area contributed by atoms with Gasteiger partial charge in [-0.1, -0.05) is 0 Å². The molecular formula is C21H22F3N7O2. The van der Waals surface area contributed by atoms with Crippen LogP contribution in [0.25, 0.3) is 5.82 Å². The Bertz CT molecular complexity index is 1170. The van der Waals surface area contributed by atoms with Crippen molar-refractivity contribution in [3.8, 4) is 5.82 Å². The number of hydrogen-bond acceptors (Lipinski definition) is 6. The first kappa shape index (κ1) is 22.5. The van der Waals surface area contributed by atoms with Crippen molar-refractivity contribution < 1.29 is 23.1 Å². The number of nitrogens with zero attached hydrogens (tertiary/aromatic N) is 5. The number of primary amides is 1. The van der Waals surface area contributed by atoms with Crippen LogP contribution in [0.3, 0.4) is 0 Å². The molecule has 1 fully saturated rings. The number of urea groups is 1. The van der Waals surface area contributed by atoms with E-state index in [0.29, 0.717) is 43.3 Å². The monoisotopic (exact) mass is 461 g/mol. The molecule has 4 N–H and O–H groups in total. The Balaban J connectivity index is 1.56. The van der Waals surface area contributed by atoms with Gasteiger partial charge in [0.05, 0.1) is 11.3 Å². The number of aryl methyl sites for hydroxylation is 1. The summed E-state index contributed by atoms with van der Waals surface area (Å²) in [6.07, 6.45) is 0.333. The molecule has 2 amide bonds. The quantitative estimate of drug-likeness (QED) is 0.549. The van der Waals surface area contributed by atoms with Crippen LogP contribution in [0, 0.1) is 6.92 Å². The highest BCUT2D eigenvalue weighted by atomic mass is 19.4. The van der Waals surface area contributed by atoms with Crippen LogP contribution in [0.2, 0.25) is 0 Å². The van der Waals surface area contributed by atoms with Gasteiger partial charge in [0.2, 0.25) is 0 Å². The molecule has 33 heavy (non-hydrogen) atoms. The number of nitrogens with two attached hydrogens (primary N) is 1. The Morgan fingerprint density at radius 1 is 1.18 bits per heavy atom. The molecule has 4 heterocycles. The molecule has 4 rings (SSSR count). The number of pyridine rings is 2. The van der Waals surface area contributed by atoms with Gasteiger partial charge in [0.1, 0.15) is 29.4 Å². The van der Waals surface area contributed by atoms with Crippen LogP contribution in [0.1, 0.15) is 29.7 Å². The first-order valence-corrected chi connectivity index (χ1v) is 10.1. The van der Waals surface area contributed by atoms with Crippen LogP contribution >= 0.6 is 0 Å². The van der Waals surface area contributed by atoms with Crippen molar-refractivity contribution in [2.45, 2.75) is 31.5 Å². The first-order chi connectivity index (χ1) is 15.5. The third kappa shape index (κ3) is 4.90. The van der Waals surface area contributed by atoms with Gasteiger partial charge < -0.3 is 21.1 Å². The molecule has 0 radical (unpaired) electrons. The maximum Gasteiger partial charge on any atom is 0.416 e. The van der Waals surface area contributed by atoms with E-state index in [9.17, 15) is 23.1 Å². The molecule has 0 saturated carbocycles. The van der Waals surface area contributed by atoms with Gasteiger partial charge in [0.15, 0.2) is 0 Å². The lowest BCUT2D eigenvalue weighted by molar-refractivity contribution is -0.137. The molecular weight excluding hydrogens is 439 g/mol. The average Bonchev–Trinajstić information content (AvgIpc) is 3.25. The molecule has 12 heteroatoms. The Morgan fingerprint density at radius 2 is 1.91 bits per heavy atom. The molecule has 0 aromatic carbocycles. The van der Waals surface area contributed by atoms with Crippen molar-refractivity contribution in [2.24, 2.45) is 5.73 Å². The number of nitrogens with one attached hydrogen (secondary N) is 1. The van der Waals surface area contributed by atoms with Crippen molar-refractivity contribution >= 4 is 17.7 Å². The van der Waals surface area contributed by atoms with Crippen LogP contribution < -0.4 is 11.1 Å². The number of aliphatic hydroxyl groups is 1. The standard InChI is InChI=1S/C21H22F3N7O2/c1-13-8-17(28-16-10-14(2-5-26-16)21(22,23)24)29-18(9-13)31-11-15(27-12-31)20(33)3-6-30(7-4-20)19(25)32/h2,5,8-12,33H,3-4,6-7H2,1H3,(H2,25,32)(H,26,28,29). The van der Waals surface area contributed by atoms with Crippen molar-refractivity contribution in [1.82, 2.24) is 24.4 Å². The maximum absolute atomic E-state index is 13.0. The van der Waals surface area contributed by atoms with E-state index in [0.717, 1.165) is 23.9 Å². The van der Waals surface area contributed by atoms with Gasteiger partial charge in [-0.3, -0.25) is 4.57 Å². The van der Waals surface area contributed by atoms with E-state index in [4.69, 9.17) is 5.73 Å². The number of carbonyl (C=O) groups excluding carboxylic acids is 1. The Kier molecular flexibility index (Phi) is 5.70. The molecule has 9 nitrogen and oxygen atoms in total. The fraction of sp³-hybridized carbons (Fsp3) is 0.333. The summed E-state index contributed by atoms with van der Waals surface area (Å²) >= 11 is 0. The maximum atomic E-state index is 13.0. The number of imidazole rings is 1. The molecule has 0 aliphatic carbocycles. The second-order valence-corrected chi connectivity index (χ2v) is 7.96. The SMILES string of the molecule is Cc1cc(Nc2cc(C(F)(F)F)ccn2)nc(-n2cnc(C3(O)CCN(C(N)=O)CC3)c2)c1. The van der Waals surface area contributed by atoms with E-state index in [-0.39, 0.29) is 5.82 Å². The summed E-state index contributed by atoms with van der Waals surface area (Å²) in [4.78, 5) is 25.5. The number of halogens is 3. The van der Waals surface area contributed by atoms with E-state index in [1.165, 1.54) is 11.2 Å². The Morgan fingerprint density at radius 3 is 2.58 bits per heavy atom. The summed E-state index contributed by atoms with van der Waals surface area (Å²) in [7, 11) is 0. The molecule has 3 aromatic heterocycles. The number of amides is 2. The molecule has 1 aliphatic heterocycles. The van der Waals surface area contributed by atoms with Gasteiger partial charge in [-0.15, -0.1) is 0 Å². The van der Waals surface area contributed by atoms with Gasteiger partial charge in [-0.2, -0.15) is 13.2 Å². The largest absolute Gasteiger partial charge is 0.416 e. The summed E-state index contributed by atoms with van der Waals surface area (Å²) in [5.41, 5.74) is 4.52. The fourth-order valence-corrected chi connectivity index (χ4v) is 3.69. The molecule has 0 spiro atoms. The van der Waals surface area contributed by atoms with E-state index in [1.54, 1.807) is 22.9 Å². The predicted octanol–water partition coefficient (Wildman–Crippen LogP) is 3.10. The lowest BCUT2D eigenvalue weighted by atomic mass is 9.89. The Hall–Kier alpha value is -3.67. The van der Waals surface area contributed by atoms with Gasteiger partial charge in [0.25, 0.3) is 0 Å². The van der Waals surface area contributed by atoms with E-state index in [2.05, 4.69) is 20.3 Å². The first-order valence-electron chi connectivity index (χ1n) is 10.1. The molecule has 0 unspecified atom stereocenters. The third-order valence-corrected chi connectivity index (χ3v) is 5.53. The molecule has 0 bridgehead atoms. The minimum atomic E-state index is -4.48. The van der Waals surface area contributed by atoms with Crippen LogP contribution in [-0.4, -0.2) is 48.6 Å². The zero-order valence-electron chi connectivity index (χ0n) is 17.7. The molecule has 174 valence electrons. The van der Waals surface area contributed by atoms with Crippen molar-refractivity contribution in [3.63, 3.8) is 0 Å². The number of carbonyl (C=O) groups is 1. The second-order valence-electron chi connectivity index (χ2n) is 7.96. The van der Waals surface area contributed by atoms with Crippen LogP contribution in [0.15, 0.2) is 43.0 Å². The minimum absolute atomic E-state index is 0.00992. The zero-order chi connectivity index (χ0) is 23.8. The average molecular weight is 461 g/mol. The summed E-state index contributed by atoms with van der Waals surface area (Å²) in [5.74, 6) is 0.776. The van der Waals surface area contributed by atoms with Gasteiger partial charge in [-0.25, -0.2) is 19.7 Å². The van der Waals surface area contributed by atoms with Crippen LogP contribution in [-0.2, 0) is 11.8 Å². The number of piperidine rings is 1. The molecule has 3 aromatic rings. The predicted molar refractivity (Wildman–Crippen MR) is 113 cm³/mol. The molecule has 0 atom stereocenters. The lowest BCUT2D eigenvalue weighted by Gasteiger charge is -2.36. The summed E-state index contributed by atoms with van der Waals surface area (Å²) in [5, 5.41) is 13.8. The number of likely N-dealkylation sites (tertiary alicyclic amines) is 1. The van der Waals surface area contributed by atoms with Crippen molar-refractivity contribution in [3.05, 3.63) is 59.8 Å². The summed E-state index contributed by atoms with van der Waals surface area (Å²) in [6, 6.07) is 4.73. The minimum Gasteiger partial charge on any atom is -0.383 e. The highest BCUT2D eigenvalue weighted by Crippen LogP contribution is 2.33. The fourth-order valence-electron chi connectivity index (χ4n) is 3.69. The van der Waals surface area contributed by atoms with Gasteiger partial charge in [-0.05, 0) is 49.6 Å². The van der Waals surface area contributed by atoms with Crippen molar-refractivity contribution in [2.75, 3.05) is 18.4 Å². The molecule has 1 aliphatic rings. The second kappa shape index (κ2) is 8.35. The van der Waals surface area contributed by atoms with E-state index in [1.807, 2.05) is 6.92 Å². The Labute approximate surface area is 187 Å². The molecule has 1 saturated heterocycles. The number of anilines is 2. The normalized spacial score (nSPS) is 16.0. The third-order valence-electron chi connectivity index (χ3n) is 5.53. The summed E-state index contributed by atoms with van der Waals surface area (Å²) < 4.78 is 40.5. The number of aromatic nitrogens is 4. The highest BCUT2D eigenvalue weighted by Gasteiger charge is 2.37. The van der Waals surface area contributed by atoms with Crippen LogP contribution in [0.5, 0.6) is 0 Å². The number of rotatable bonds is 4. The van der Waals surface area contributed by atoms with Crippen molar-refractivity contribution in [1.29, 1.82) is 0 Å². The smallest absolute Gasteiger partial charge is 0.383 e. The van der Waals surface area contributed by atoms with Gasteiger partial charge >= 0.3 is 12.2 Å². The topological polar surface area (TPSA) is 122 Å². The zero-order valence-corrected chi connectivity index (χ0v) is 17.7. The summed E-state index contributed by atoms with van der Waals surface area (Å²) in [6.45, 7) is 2.46. The van der Waals surface area contributed by atoms with E-state index < -0.39 is 23.4 Å². The van der Waals surface area contributed by atoms with Gasteiger partial charge in [0, 0.05) is 25.5 Å².